The summed E-state index contributed by atoms with van der Waals surface area (Å²) >= 11 is 3.45. The van der Waals surface area contributed by atoms with Crippen molar-refractivity contribution in [2.24, 2.45) is 5.10 Å². The summed E-state index contributed by atoms with van der Waals surface area (Å²) in [5, 5.41) is 4.08. The second kappa shape index (κ2) is 10.5. The monoisotopic (exact) mass is 468 g/mol. The van der Waals surface area contributed by atoms with E-state index < -0.39 is 0 Å². The zero-order chi connectivity index (χ0) is 21.3. The van der Waals surface area contributed by atoms with Crippen LogP contribution in [0.2, 0.25) is 0 Å². The van der Waals surface area contributed by atoms with Crippen molar-refractivity contribution in [3.63, 3.8) is 0 Å². The van der Waals surface area contributed by atoms with Crippen LogP contribution in [-0.4, -0.2) is 26.3 Å². The topological polar surface area (TPSA) is 69.2 Å². The second-order valence-corrected chi connectivity index (χ2v) is 7.14. The number of rotatable bonds is 8. The van der Waals surface area contributed by atoms with Gasteiger partial charge < -0.3 is 14.2 Å². The van der Waals surface area contributed by atoms with Crippen LogP contribution in [0.15, 0.2) is 76.3 Å². The van der Waals surface area contributed by atoms with Crippen molar-refractivity contribution < 1.29 is 19.0 Å². The van der Waals surface area contributed by atoms with Gasteiger partial charge >= 0.3 is 0 Å². The molecule has 0 aromatic heterocycles. The average Bonchev–Trinajstić information content (AvgIpc) is 2.78. The first kappa shape index (κ1) is 21.4. The molecule has 3 rings (SSSR count). The van der Waals surface area contributed by atoms with Crippen LogP contribution in [-0.2, 0) is 6.61 Å². The number of halogens is 1. The Morgan fingerprint density at radius 2 is 1.70 bits per heavy atom. The Balaban J connectivity index is 1.69. The average molecular weight is 469 g/mol. The van der Waals surface area contributed by atoms with Gasteiger partial charge in [-0.05, 0) is 42.0 Å². The van der Waals surface area contributed by atoms with Crippen molar-refractivity contribution in [2.45, 2.75) is 6.61 Å². The minimum absolute atomic E-state index is 0.367. The summed E-state index contributed by atoms with van der Waals surface area (Å²) in [7, 11) is 3.05. The molecule has 0 aliphatic rings. The van der Waals surface area contributed by atoms with Gasteiger partial charge in [0, 0.05) is 15.6 Å². The van der Waals surface area contributed by atoms with Gasteiger partial charge in [-0.1, -0.05) is 46.3 Å². The SMILES string of the molecule is COc1ccc(C(=O)NN=Cc2cc(Br)ccc2OCc2ccccc2)cc1OC. The molecule has 30 heavy (non-hydrogen) atoms. The van der Waals surface area contributed by atoms with E-state index in [0.29, 0.717) is 29.4 Å². The number of carbonyl (C=O) groups is 1. The summed E-state index contributed by atoms with van der Waals surface area (Å²) in [5.41, 5.74) is 4.71. The number of hydrazone groups is 1. The van der Waals surface area contributed by atoms with Gasteiger partial charge in [0.05, 0.1) is 20.4 Å². The fourth-order valence-electron chi connectivity index (χ4n) is 2.69. The van der Waals surface area contributed by atoms with Crippen molar-refractivity contribution in [3.05, 3.63) is 87.9 Å². The first-order valence-electron chi connectivity index (χ1n) is 9.12. The van der Waals surface area contributed by atoms with Crippen LogP contribution in [0.4, 0.5) is 0 Å². The highest BCUT2D eigenvalue weighted by Crippen LogP contribution is 2.27. The molecule has 154 valence electrons. The van der Waals surface area contributed by atoms with Gasteiger partial charge in [0.1, 0.15) is 12.4 Å². The van der Waals surface area contributed by atoms with Gasteiger partial charge in [-0.25, -0.2) is 5.43 Å². The summed E-state index contributed by atoms with van der Waals surface area (Å²) < 4.78 is 17.2. The number of carbonyl (C=O) groups excluding carboxylic acids is 1. The third-order valence-electron chi connectivity index (χ3n) is 4.22. The predicted molar refractivity (Wildman–Crippen MR) is 120 cm³/mol. The van der Waals surface area contributed by atoms with Crippen LogP contribution in [0.1, 0.15) is 21.5 Å². The Bertz CT molecular complexity index is 1040. The van der Waals surface area contributed by atoms with Crippen LogP contribution in [0, 0.1) is 0 Å². The molecule has 1 amide bonds. The van der Waals surface area contributed by atoms with E-state index in [-0.39, 0.29) is 5.91 Å². The largest absolute Gasteiger partial charge is 0.493 e. The maximum absolute atomic E-state index is 12.4. The fourth-order valence-corrected chi connectivity index (χ4v) is 3.07. The standard InChI is InChI=1S/C23H21BrN2O4/c1-28-21-10-8-17(13-22(21)29-2)23(27)26-25-14-18-12-19(24)9-11-20(18)30-15-16-6-4-3-5-7-16/h3-14H,15H2,1-2H3,(H,26,27). The highest BCUT2D eigenvalue weighted by Gasteiger charge is 2.10. The summed E-state index contributed by atoms with van der Waals surface area (Å²) in [6, 6.07) is 20.4. The normalized spacial score (nSPS) is 10.6. The molecule has 6 nitrogen and oxygen atoms in total. The maximum atomic E-state index is 12.4. The van der Waals surface area contributed by atoms with Crippen molar-refractivity contribution in [1.29, 1.82) is 0 Å². The molecule has 0 saturated heterocycles. The van der Waals surface area contributed by atoms with E-state index in [1.165, 1.54) is 14.2 Å². The van der Waals surface area contributed by atoms with Gasteiger partial charge in [-0.15, -0.1) is 0 Å². The molecule has 0 atom stereocenters. The lowest BCUT2D eigenvalue weighted by molar-refractivity contribution is 0.0954. The number of nitrogens with one attached hydrogen (secondary N) is 1. The minimum atomic E-state index is -0.367. The fraction of sp³-hybridized carbons (Fsp3) is 0.130. The number of hydrogen-bond acceptors (Lipinski definition) is 5. The van der Waals surface area contributed by atoms with E-state index in [4.69, 9.17) is 14.2 Å². The van der Waals surface area contributed by atoms with E-state index >= 15 is 0 Å². The minimum Gasteiger partial charge on any atom is -0.493 e. The van der Waals surface area contributed by atoms with Crippen molar-refractivity contribution in [3.8, 4) is 17.2 Å². The lowest BCUT2D eigenvalue weighted by Crippen LogP contribution is -2.17. The highest BCUT2D eigenvalue weighted by molar-refractivity contribution is 9.10. The quantitative estimate of drug-likeness (QED) is 0.380. The molecule has 3 aromatic rings. The van der Waals surface area contributed by atoms with Crippen LogP contribution in [0.5, 0.6) is 17.2 Å². The molecule has 1 N–H and O–H groups in total. The van der Waals surface area contributed by atoms with E-state index in [2.05, 4.69) is 26.5 Å². The number of methoxy groups -OCH3 is 2. The summed E-state index contributed by atoms with van der Waals surface area (Å²) in [4.78, 5) is 12.4. The Morgan fingerprint density at radius 3 is 2.43 bits per heavy atom. The van der Waals surface area contributed by atoms with Gasteiger partial charge in [-0.2, -0.15) is 5.10 Å². The summed E-state index contributed by atoms with van der Waals surface area (Å²) in [6.45, 7) is 0.432. The van der Waals surface area contributed by atoms with E-state index in [0.717, 1.165) is 15.6 Å². The Hall–Kier alpha value is -3.32. The van der Waals surface area contributed by atoms with Crippen LogP contribution in [0.3, 0.4) is 0 Å². The third-order valence-corrected chi connectivity index (χ3v) is 4.72. The second-order valence-electron chi connectivity index (χ2n) is 6.23. The Kier molecular flexibility index (Phi) is 7.45. The van der Waals surface area contributed by atoms with Gasteiger partial charge in [0.25, 0.3) is 5.91 Å². The van der Waals surface area contributed by atoms with E-state index in [9.17, 15) is 4.79 Å². The van der Waals surface area contributed by atoms with Crippen molar-refractivity contribution >= 4 is 28.1 Å². The molecule has 0 radical (unpaired) electrons. The molecule has 0 aliphatic heterocycles. The summed E-state index contributed by atoms with van der Waals surface area (Å²) in [5.74, 6) is 1.31. The Labute approximate surface area is 183 Å². The lowest BCUT2D eigenvalue weighted by Gasteiger charge is -2.10. The molecule has 0 fully saturated rings. The third kappa shape index (κ3) is 5.61. The van der Waals surface area contributed by atoms with Crippen LogP contribution in [0.25, 0.3) is 0 Å². The summed E-state index contributed by atoms with van der Waals surface area (Å²) in [6.07, 6.45) is 1.55. The smallest absolute Gasteiger partial charge is 0.271 e. The number of amides is 1. The molecule has 0 bridgehead atoms. The first-order valence-corrected chi connectivity index (χ1v) is 9.91. The highest BCUT2D eigenvalue weighted by atomic mass is 79.9. The molecule has 0 unspecified atom stereocenters. The van der Waals surface area contributed by atoms with Gasteiger partial charge in [0.15, 0.2) is 11.5 Å². The molecular formula is C23H21BrN2O4. The number of benzene rings is 3. The van der Waals surface area contributed by atoms with Gasteiger partial charge in [-0.3, -0.25) is 4.79 Å². The van der Waals surface area contributed by atoms with Crippen LogP contribution < -0.4 is 19.6 Å². The number of nitrogens with zero attached hydrogens (tertiary/aromatic N) is 1. The van der Waals surface area contributed by atoms with Crippen molar-refractivity contribution in [1.82, 2.24) is 5.43 Å². The van der Waals surface area contributed by atoms with E-state index in [1.54, 1.807) is 24.4 Å². The number of ether oxygens (including phenoxy) is 3. The molecule has 0 spiro atoms. The van der Waals surface area contributed by atoms with E-state index in [1.807, 2.05) is 48.5 Å². The number of hydrogen-bond donors (Lipinski definition) is 1. The first-order chi connectivity index (χ1) is 14.6. The molecule has 0 aliphatic carbocycles. The lowest BCUT2D eigenvalue weighted by atomic mass is 10.2. The zero-order valence-electron chi connectivity index (χ0n) is 16.6. The predicted octanol–water partition coefficient (Wildman–Crippen LogP) is 4.81. The van der Waals surface area contributed by atoms with Crippen molar-refractivity contribution in [2.75, 3.05) is 14.2 Å². The van der Waals surface area contributed by atoms with Gasteiger partial charge in [0.2, 0.25) is 0 Å². The zero-order valence-corrected chi connectivity index (χ0v) is 18.2. The molecule has 0 heterocycles. The molecule has 3 aromatic carbocycles. The van der Waals surface area contributed by atoms with Crippen LogP contribution >= 0.6 is 15.9 Å². The Morgan fingerprint density at radius 1 is 0.967 bits per heavy atom. The molecule has 7 heteroatoms. The molecular weight excluding hydrogens is 448 g/mol. The maximum Gasteiger partial charge on any atom is 0.271 e. The molecule has 0 saturated carbocycles.